The minimum absolute atomic E-state index is 0.0192. The molecule has 3 unspecified atom stereocenters. The Bertz CT molecular complexity index is 2470. The highest BCUT2D eigenvalue weighted by Gasteiger charge is 2.62. The molecule has 2 aliphatic heterocycles. The number of anilines is 3. The lowest BCUT2D eigenvalue weighted by Crippen LogP contribution is -2.62. The number of hydrogen-bond donors (Lipinski definition) is 0. The van der Waals surface area contributed by atoms with Gasteiger partial charge in [0.2, 0.25) is 6.71 Å². The molecule has 3 atom stereocenters. The molecule has 3 heteroatoms. The summed E-state index contributed by atoms with van der Waals surface area (Å²) >= 11 is 0. The van der Waals surface area contributed by atoms with Crippen LogP contribution < -0.4 is 21.3 Å². The van der Waals surface area contributed by atoms with Gasteiger partial charge in [-0.1, -0.05) is 122 Å². The van der Waals surface area contributed by atoms with Gasteiger partial charge in [-0.2, -0.15) is 0 Å². The molecule has 0 amide bonds. The molecule has 1 saturated carbocycles. The van der Waals surface area contributed by atoms with Crippen molar-refractivity contribution in [1.29, 1.82) is 0 Å². The number of aryl methyl sites for hydroxylation is 1. The number of nitrogens with zero attached hydrogens (tertiary/aromatic N) is 1. The molecule has 0 bridgehead atoms. The summed E-state index contributed by atoms with van der Waals surface area (Å²) in [7, 11) is 0. The first-order valence-corrected chi connectivity index (χ1v) is 19.4. The predicted molar refractivity (Wildman–Crippen MR) is 217 cm³/mol. The van der Waals surface area contributed by atoms with Crippen molar-refractivity contribution in [2.45, 2.75) is 110 Å². The zero-order chi connectivity index (χ0) is 35.4. The predicted octanol–water partition coefficient (Wildman–Crippen LogP) is 11.1. The van der Waals surface area contributed by atoms with E-state index >= 15 is 0 Å². The maximum Gasteiger partial charge on any atom is 0.247 e. The van der Waals surface area contributed by atoms with E-state index in [4.69, 9.17) is 4.42 Å². The van der Waals surface area contributed by atoms with Crippen LogP contribution >= 0.6 is 0 Å². The molecule has 1 fully saturated rings. The summed E-state index contributed by atoms with van der Waals surface area (Å²) in [6, 6.07) is 33.1. The maximum atomic E-state index is 6.53. The Morgan fingerprint density at radius 3 is 2.24 bits per heavy atom. The lowest BCUT2D eigenvalue weighted by molar-refractivity contribution is 0.0925. The average Bonchev–Trinajstić information content (AvgIpc) is 3.55. The van der Waals surface area contributed by atoms with Crippen molar-refractivity contribution in [1.82, 2.24) is 0 Å². The van der Waals surface area contributed by atoms with E-state index < -0.39 is 0 Å². The van der Waals surface area contributed by atoms with Crippen molar-refractivity contribution in [2.24, 2.45) is 5.41 Å². The summed E-state index contributed by atoms with van der Waals surface area (Å²) in [5.74, 6) is 0.391. The van der Waals surface area contributed by atoms with Gasteiger partial charge in [-0.05, 0) is 116 Å². The van der Waals surface area contributed by atoms with Gasteiger partial charge < -0.3 is 9.32 Å². The molecule has 1 aromatic heterocycles. The van der Waals surface area contributed by atoms with Gasteiger partial charge in [-0.15, -0.1) is 0 Å². The topological polar surface area (TPSA) is 16.4 Å². The van der Waals surface area contributed by atoms with E-state index in [1.807, 2.05) is 0 Å². The monoisotopic (exact) mass is 667 g/mol. The van der Waals surface area contributed by atoms with Gasteiger partial charge in [-0.3, -0.25) is 0 Å². The third-order valence-corrected chi connectivity index (χ3v) is 14.0. The largest absolute Gasteiger partial charge is 0.456 e. The van der Waals surface area contributed by atoms with Gasteiger partial charge in [-0.25, -0.2) is 0 Å². The summed E-state index contributed by atoms with van der Waals surface area (Å²) in [6.45, 7) is 22.0. The Hall–Kier alpha value is -4.24. The molecule has 0 spiro atoms. The van der Waals surface area contributed by atoms with Gasteiger partial charge in [0.05, 0.1) is 0 Å². The van der Waals surface area contributed by atoms with Gasteiger partial charge in [0.15, 0.2) is 0 Å². The number of rotatable bonds is 1. The molecule has 0 radical (unpaired) electrons. The van der Waals surface area contributed by atoms with Crippen LogP contribution in [0.25, 0.3) is 21.9 Å². The average molecular weight is 668 g/mol. The molecule has 10 rings (SSSR count). The first kappa shape index (κ1) is 31.5. The van der Waals surface area contributed by atoms with Crippen LogP contribution in [0, 0.1) is 12.3 Å². The van der Waals surface area contributed by atoms with Gasteiger partial charge >= 0.3 is 0 Å². The molecular weight excluding hydrogens is 617 g/mol. The van der Waals surface area contributed by atoms with Crippen LogP contribution in [0.2, 0.25) is 0 Å². The van der Waals surface area contributed by atoms with E-state index in [9.17, 15) is 0 Å². The summed E-state index contributed by atoms with van der Waals surface area (Å²) in [5.41, 5.74) is 19.6. The number of para-hydroxylation sites is 1. The van der Waals surface area contributed by atoms with Crippen molar-refractivity contribution in [3.8, 4) is 0 Å². The first-order chi connectivity index (χ1) is 24.2. The molecule has 5 aromatic carbocycles. The highest BCUT2D eigenvalue weighted by Crippen LogP contribution is 2.67. The lowest BCUT2D eigenvalue weighted by Gasteiger charge is -2.51. The van der Waals surface area contributed by atoms with E-state index in [1.165, 1.54) is 75.4 Å². The van der Waals surface area contributed by atoms with Crippen LogP contribution in [0.5, 0.6) is 0 Å². The van der Waals surface area contributed by atoms with E-state index in [2.05, 4.69) is 152 Å². The van der Waals surface area contributed by atoms with E-state index in [-0.39, 0.29) is 28.4 Å². The fraction of sp³-hybridized carbons (Fsp3) is 0.375. The smallest absolute Gasteiger partial charge is 0.247 e. The second-order valence-corrected chi connectivity index (χ2v) is 19.0. The Morgan fingerprint density at radius 1 is 0.706 bits per heavy atom. The maximum absolute atomic E-state index is 6.53. The first-order valence-electron chi connectivity index (χ1n) is 19.4. The highest BCUT2D eigenvalue weighted by molar-refractivity contribution is 6.99. The number of furan rings is 1. The molecule has 4 aliphatic rings. The quantitative estimate of drug-likeness (QED) is 0.162. The van der Waals surface area contributed by atoms with Crippen molar-refractivity contribution in [3.05, 3.63) is 118 Å². The number of hydrogen-bond acceptors (Lipinski definition) is 2. The molecule has 51 heavy (non-hydrogen) atoms. The zero-order valence-electron chi connectivity index (χ0n) is 31.9. The van der Waals surface area contributed by atoms with Gasteiger partial charge in [0.1, 0.15) is 11.2 Å². The fourth-order valence-corrected chi connectivity index (χ4v) is 11.1. The SMILES string of the molecule is Cc1cc2c3c(c1)N(c1ccc4c(c1)oc1ccccc14)c1cc(C(C)(C)C)ccc1B3c1cc(C(C)(C)C)cc3c1C2C1(C)CCCCC31C. The second kappa shape index (κ2) is 10.00. The van der Waals surface area contributed by atoms with Crippen molar-refractivity contribution < 1.29 is 4.42 Å². The van der Waals surface area contributed by atoms with Crippen LogP contribution in [0.15, 0.2) is 89.3 Å². The molecule has 2 aliphatic carbocycles. The van der Waals surface area contributed by atoms with Crippen LogP contribution in [-0.2, 0) is 16.2 Å². The molecule has 0 saturated heterocycles. The van der Waals surface area contributed by atoms with Crippen LogP contribution in [-0.4, -0.2) is 6.71 Å². The van der Waals surface area contributed by atoms with Gasteiger partial charge in [0.25, 0.3) is 0 Å². The Morgan fingerprint density at radius 2 is 1.45 bits per heavy atom. The molecule has 2 nitrogen and oxygen atoms in total. The van der Waals surface area contributed by atoms with E-state index in [0.29, 0.717) is 5.92 Å². The van der Waals surface area contributed by atoms with E-state index in [1.54, 1.807) is 22.2 Å². The minimum atomic E-state index is 0.0192. The van der Waals surface area contributed by atoms with Crippen LogP contribution in [0.3, 0.4) is 0 Å². The standard InChI is InChI=1S/C48H50BNO/c1-28-22-34-43-42-35(47(8)20-12-13-21-48(43,47)9)24-30(46(5,6)7)25-37(42)49-36-19-16-29(45(2,3)4)26-38(36)50(39(23-28)44(34)49)31-17-18-33-32-14-10-11-15-40(32)51-41(33)27-31/h10-11,14-19,22-27,43H,12-13,20-21H2,1-9H3. The Labute approximate surface area is 304 Å². The van der Waals surface area contributed by atoms with E-state index in [0.717, 1.165) is 16.9 Å². The van der Waals surface area contributed by atoms with Crippen molar-refractivity contribution in [3.63, 3.8) is 0 Å². The molecule has 3 heterocycles. The zero-order valence-corrected chi connectivity index (χ0v) is 31.9. The molecule has 256 valence electrons. The summed E-state index contributed by atoms with van der Waals surface area (Å²) < 4.78 is 6.53. The molecule has 0 N–H and O–H groups in total. The lowest BCUT2D eigenvalue weighted by atomic mass is 9.30. The van der Waals surface area contributed by atoms with Gasteiger partial charge in [0, 0.05) is 39.8 Å². The minimum Gasteiger partial charge on any atom is -0.456 e. The summed E-state index contributed by atoms with van der Waals surface area (Å²) in [4.78, 5) is 2.59. The van der Waals surface area contributed by atoms with Crippen molar-refractivity contribution in [2.75, 3.05) is 4.90 Å². The summed E-state index contributed by atoms with van der Waals surface area (Å²) in [5, 5.41) is 2.35. The second-order valence-electron chi connectivity index (χ2n) is 19.0. The van der Waals surface area contributed by atoms with Crippen molar-refractivity contribution >= 4 is 62.1 Å². The van der Waals surface area contributed by atoms with Crippen LogP contribution in [0.4, 0.5) is 17.1 Å². The highest BCUT2D eigenvalue weighted by atomic mass is 16.3. The number of benzene rings is 5. The Kier molecular flexibility index (Phi) is 6.18. The third kappa shape index (κ3) is 4.07. The number of fused-ring (bicyclic) bond motifs is 10. The fourth-order valence-electron chi connectivity index (χ4n) is 11.1. The third-order valence-electron chi connectivity index (χ3n) is 14.0. The summed E-state index contributed by atoms with van der Waals surface area (Å²) in [6.07, 6.45) is 5.18. The molecule has 6 aromatic rings. The molecular formula is C48H50BNO. The van der Waals surface area contributed by atoms with Crippen LogP contribution in [0.1, 0.15) is 120 Å². The Balaban J connectivity index is 1.32. The normalized spacial score (nSPS) is 23.4.